The van der Waals surface area contributed by atoms with Crippen molar-refractivity contribution in [2.45, 2.75) is 32.5 Å². The number of aliphatic hydroxyl groups is 1. The SMILES string of the molecule is CC1CN(C(=O)c2ccc(C#CCO)s2)CC(C)(C)O1. The lowest BCUT2D eigenvalue weighted by molar-refractivity contribution is -0.118. The molecule has 2 rings (SSSR count). The molecule has 1 aliphatic rings. The van der Waals surface area contributed by atoms with Crippen LogP contribution in [0.15, 0.2) is 12.1 Å². The Hall–Kier alpha value is -1.35. The lowest BCUT2D eigenvalue weighted by Crippen LogP contribution is -2.53. The van der Waals surface area contributed by atoms with Gasteiger partial charge in [-0.3, -0.25) is 4.79 Å². The van der Waals surface area contributed by atoms with Crippen molar-refractivity contribution >= 4 is 17.2 Å². The molecule has 20 heavy (non-hydrogen) atoms. The first kappa shape index (κ1) is 15.0. The molecule has 1 saturated heterocycles. The topological polar surface area (TPSA) is 49.8 Å². The molecule has 1 fully saturated rings. The number of morpholine rings is 1. The second-order valence-electron chi connectivity index (χ2n) is 5.50. The number of amides is 1. The molecule has 1 atom stereocenters. The predicted molar refractivity (Wildman–Crippen MR) is 78.8 cm³/mol. The molecule has 0 aromatic carbocycles. The molecule has 1 unspecified atom stereocenters. The third-order valence-corrected chi connectivity index (χ3v) is 3.95. The summed E-state index contributed by atoms with van der Waals surface area (Å²) in [7, 11) is 0. The Morgan fingerprint density at radius 2 is 2.35 bits per heavy atom. The van der Waals surface area contributed by atoms with Gasteiger partial charge in [0, 0.05) is 13.1 Å². The first-order valence-corrected chi connectivity index (χ1v) is 7.39. The van der Waals surface area contributed by atoms with Crippen molar-refractivity contribution in [2.24, 2.45) is 0 Å². The quantitative estimate of drug-likeness (QED) is 0.802. The Bertz CT molecular complexity index is 553. The van der Waals surface area contributed by atoms with Crippen LogP contribution in [0, 0.1) is 11.8 Å². The highest BCUT2D eigenvalue weighted by Crippen LogP contribution is 2.24. The molecule has 0 radical (unpaired) electrons. The van der Waals surface area contributed by atoms with Gasteiger partial charge in [-0.1, -0.05) is 11.8 Å². The van der Waals surface area contributed by atoms with Gasteiger partial charge in [0.15, 0.2) is 0 Å². The smallest absolute Gasteiger partial charge is 0.264 e. The molecule has 108 valence electrons. The van der Waals surface area contributed by atoms with Gasteiger partial charge < -0.3 is 14.7 Å². The van der Waals surface area contributed by atoms with Crippen LogP contribution in [0.4, 0.5) is 0 Å². The number of nitrogens with zero attached hydrogens (tertiary/aromatic N) is 1. The summed E-state index contributed by atoms with van der Waals surface area (Å²) >= 11 is 1.36. The van der Waals surface area contributed by atoms with Crippen molar-refractivity contribution in [2.75, 3.05) is 19.7 Å². The first-order valence-electron chi connectivity index (χ1n) is 6.58. The molecular weight excluding hydrogens is 274 g/mol. The molecular formula is C15H19NO3S. The van der Waals surface area contributed by atoms with Crippen LogP contribution < -0.4 is 0 Å². The van der Waals surface area contributed by atoms with Crippen LogP contribution in [0.25, 0.3) is 0 Å². The fraction of sp³-hybridized carbons (Fsp3) is 0.533. The van der Waals surface area contributed by atoms with Crippen molar-refractivity contribution < 1.29 is 14.6 Å². The third-order valence-electron chi connectivity index (χ3n) is 2.96. The molecule has 1 aliphatic heterocycles. The minimum absolute atomic E-state index is 0.0234. The zero-order valence-electron chi connectivity index (χ0n) is 12.0. The Morgan fingerprint density at radius 1 is 1.60 bits per heavy atom. The largest absolute Gasteiger partial charge is 0.384 e. The summed E-state index contributed by atoms with van der Waals surface area (Å²) < 4.78 is 5.81. The molecule has 1 aromatic heterocycles. The van der Waals surface area contributed by atoms with Gasteiger partial charge in [0.05, 0.1) is 21.5 Å². The Morgan fingerprint density at radius 3 is 3.00 bits per heavy atom. The fourth-order valence-electron chi connectivity index (χ4n) is 2.41. The maximum absolute atomic E-state index is 12.5. The standard InChI is InChI=1S/C15H19NO3S/c1-11-9-16(10-15(2,3)19-11)14(18)13-7-6-12(20-13)5-4-8-17/h6-7,11,17H,8-10H2,1-3H3. The van der Waals surface area contributed by atoms with Crippen LogP contribution in [-0.2, 0) is 4.74 Å². The van der Waals surface area contributed by atoms with Crippen molar-refractivity contribution in [3.05, 3.63) is 21.9 Å². The van der Waals surface area contributed by atoms with Gasteiger partial charge in [0.2, 0.25) is 0 Å². The summed E-state index contributed by atoms with van der Waals surface area (Å²) in [6.07, 6.45) is 0.0383. The molecule has 2 heterocycles. The van der Waals surface area contributed by atoms with E-state index in [1.807, 2.05) is 31.7 Å². The molecule has 5 heteroatoms. The number of rotatable bonds is 1. The van der Waals surface area contributed by atoms with Crippen molar-refractivity contribution in [1.82, 2.24) is 4.90 Å². The summed E-state index contributed by atoms with van der Waals surface area (Å²) in [5.41, 5.74) is -0.315. The first-order chi connectivity index (χ1) is 9.41. The number of ether oxygens (including phenoxy) is 1. The lowest BCUT2D eigenvalue weighted by atomic mass is 10.1. The van der Waals surface area contributed by atoms with E-state index in [4.69, 9.17) is 9.84 Å². The zero-order valence-corrected chi connectivity index (χ0v) is 12.8. The van der Waals surface area contributed by atoms with E-state index in [0.29, 0.717) is 18.0 Å². The van der Waals surface area contributed by atoms with Gasteiger partial charge >= 0.3 is 0 Å². The zero-order chi connectivity index (χ0) is 14.8. The minimum Gasteiger partial charge on any atom is -0.384 e. The van der Waals surface area contributed by atoms with Crippen LogP contribution in [0.5, 0.6) is 0 Å². The van der Waals surface area contributed by atoms with E-state index in [1.54, 1.807) is 6.07 Å². The number of hydrogen-bond acceptors (Lipinski definition) is 4. The van der Waals surface area contributed by atoms with E-state index in [9.17, 15) is 4.79 Å². The van der Waals surface area contributed by atoms with Gasteiger partial charge in [-0.2, -0.15) is 0 Å². The van der Waals surface area contributed by atoms with Gasteiger partial charge in [-0.15, -0.1) is 11.3 Å². The van der Waals surface area contributed by atoms with Gasteiger partial charge in [-0.05, 0) is 32.9 Å². The Labute approximate surface area is 123 Å². The van der Waals surface area contributed by atoms with Gasteiger partial charge in [-0.25, -0.2) is 0 Å². The van der Waals surface area contributed by atoms with Crippen LogP contribution in [0.1, 0.15) is 35.3 Å². The van der Waals surface area contributed by atoms with Crippen molar-refractivity contribution in [3.63, 3.8) is 0 Å². The third kappa shape index (κ3) is 3.60. The average Bonchev–Trinajstić information content (AvgIpc) is 2.81. The highest BCUT2D eigenvalue weighted by molar-refractivity contribution is 7.14. The minimum atomic E-state index is -0.315. The fourth-order valence-corrected chi connectivity index (χ4v) is 3.26. The molecule has 1 amide bonds. The summed E-state index contributed by atoms with van der Waals surface area (Å²) in [5.74, 6) is 5.43. The number of thiophene rings is 1. The number of carbonyl (C=O) groups excluding carboxylic acids is 1. The normalized spacial score (nSPS) is 21.2. The van der Waals surface area contributed by atoms with Crippen LogP contribution in [-0.4, -0.2) is 47.3 Å². The van der Waals surface area contributed by atoms with E-state index in [2.05, 4.69) is 11.8 Å². The number of hydrogen-bond donors (Lipinski definition) is 1. The molecule has 0 spiro atoms. The highest BCUT2D eigenvalue weighted by Gasteiger charge is 2.34. The summed E-state index contributed by atoms with van der Waals surface area (Å²) in [4.78, 5) is 15.8. The maximum Gasteiger partial charge on any atom is 0.264 e. The van der Waals surface area contributed by atoms with Crippen molar-refractivity contribution in [3.8, 4) is 11.8 Å². The molecule has 0 saturated carbocycles. The van der Waals surface area contributed by atoms with E-state index in [-0.39, 0.29) is 24.2 Å². The maximum atomic E-state index is 12.5. The van der Waals surface area contributed by atoms with Crippen molar-refractivity contribution in [1.29, 1.82) is 0 Å². The second kappa shape index (κ2) is 5.96. The van der Waals surface area contributed by atoms with E-state index < -0.39 is 0 Å². The average molecular weight is 293 g/mol. The Kier molecular flexibility index (Phi) is 4.48. The summed E-state index contributed by atoms with van der Waals surface area (Å²) in [5, 5.41) is 8.68. The molecule has 4 nitrogen and oxygen atoms in total. The van der Waals surface area contributed by atoms with E-state index in [0.717, 1.165) is 4.88 Å². The summed E-state index contributed by atoms with van der Waals surface area (Å²) in [6, 6.07) is 3.61. The number of aliphatic hydroxyl groups excluding tert-OH is 1. The predicted octanol–water partition coefficient (Wildman–Crippen LogP) is 1.73. The second-order valence-corrected chi connectivity index (χ2v) is 6.58. The van der Waals surface area contributed by atoms with E-state index >= 15 is 0 Å². The molecule has 0 bridgehead atoms. The number of carbonyl (C=O) groups is 1. The Balaban J connectivity index is 2.12. The van der Waals surface area contributed by atoms with Gasteiger partial charge in [0.1, 0.15) is 6.61 Å². The highest BCUT2D eigenvalue weighted by atomic mass is 32.1. The monoisotopic (exact) mass is 293 g/mol. The van der Waals surface area contributed by atoms with Crippen LogP contribution >= 0.6 is 11.3 Å². The molecule has 0 aliphatic carbocycles. The molecule has 1 N–H and O–H groups in total. The van der Waals surface area contributed by atoms with Crippen LogP contribution in [0.2, 0.25) is 0 Å². The van der Waals surface area contributed by atoms with Crippen LogP contribution in [0.3, 0.4) is 0 Å². The summed E-state index contributed by atoms with van der Waals surface area (Å²) in [6.45, 7) is 7.00. The lowest BCUT2D eigenvalue weighted by Gasteiger charge is -2.41. The van der Waals surface area contributed by atoms with Gasteiger partial charge in [0.25, 0.3) is 5.91 Å². The molecule has 1 aromatic rings. The van der Waals surface area contributed by atoms with E-state index in [1.165, 1.54) is 11.3 Å².